The lowest BCUT2D eigenvalue weighted by Gasteiger charge is -2.09. The number of nitro benzene ring substituents is 1. The third kappa shape index (κ3) is 3.72. The fraction of sp³-hybridized carbons (Fsp3) is 0.357. The lowest BCUT2D eigenvalue weighted by Crippen LogP contribution is -2.04. The van der Waals surface area contributed by atoms with Crippen LogP contribution in [-0.4, -0.2) is 14.7 Å². The molecule has 0 aliphatic rings. The summed E-state index contributed by atoms with van der Waals surface area (Å²) in [6, 6.07) is 6.56. The normalized spacial score (nSPS) is 10.9. The second-order valence-corrected chi connectivity index (χ2v) is 5.12. The molecule has 112 valence electrons. The van der Waals surface area contributed by atoms with Gasteiger partial charge in [0.1, 0.15) is 12.4 Å². The number of alkyl halides is 1. The van der Waals surface area contributed by atoms with Crippen molar-refractivity contribution in [1.82, 2.24) is 9.78 Å². The van der Waals surface area contributed by atoms with E-state index in [1.165, 1.54) is 12.1 Å². The first-order valence-electron chi connectivity index (χ1n) is 6.51. The summed E-state index contributed by atoms with van der Waals surface area (Å²) in [5.41, 5.74) is 1.39. The van der Waals surface area contributed by atoms with Crippen LogP contribution in [0, 0.1) is 10.1 Å². The van der Waals surface area contributed by atoms with Crippen molar-refractivity contribution in [2.45, 2.75) is 32.4 Å². The summed E-state index contributed by atoms with van der Waals surface area (Å²) in [4.78, 5) is 10.3. The van der Waals surface area contributed by atoms with Crippen LogP contribution in [0.2, 0.25) is 0 Å². The average Bonchev–Trinajstić information content (AvgIpc) is 2.93. The van der Waals surface area contributed by atoms with Gasteiger partial charge in [0.2, 0.25) is 0 Å². The summed E-state index contributed by atoms with van der Waals surface area (Å²) < 4.78 is 7.50. The van der Waals surface area contributed by atoms with Gasteiger partial charge in [-0.15, -0.1) is 11.6 Å². The molecular formula is C14H16ClN3O3. The average molecular weight is 310 g/mol. The van der Waals surface area contributed by atoms with Gasteiger partial charge in [-0.2, -0.15) is 5.10 Å². The minimum atomic E-state index is -0.454. The van der Waals surface area contributed by atoms with E-state index in [0.717, 1.165) is 5.69 Å². The van der Waals surface area contributed by atoms with Crippen LogP contribution in [-0.2, 0) is 12.5 Å². The fourth-order valence-corrected chi connectivity index (χ4v) is 2.03. The van der Waals surface area contributed by atoms with Gasteiger partial charge >= 0.3 is 0 Å². The second-order valence-electron chi connectivity index (χ2n) is 4.85. The SMILES string of the molecule is CC(C)n1ccc(COc2ccc([N+](=O)[O-])cc2CCl)n1. The van der Waals surface area contributed by atoms with Crippen LogP contribution in [0.4, 0.5) is 5.69 Å². The second kappa shape index (κ2) is 6.58. The Morgan fingerprint density at radius 3 is 2.76 bits per heavy atom. The van der Waals surface area contributed by atoms with E-state index in [1.54, 1.807) is 6.07 Å². The van der Waals surface area contributed by atoms with Gasteiger partial charge in [0.15, 0.2) is 0 Å². The van der Waals surface area contributed by atoms with Crippen LogP contribution < -0.4 is 4.74 Å². The maximum absolute atomic E-state index is 10.7. The molecule has 1 aromatic heterocycles. The van der Waals surface area contributed by atoms with E-state index in [-0.39, 0.29) is 17.6 Å². The molecule has 0 bridgehead atoms. The molecule has 2 aromatic rings. The highest BCUT2D eigenvalue weighted by molar-refractivity contribution is 6.17. The number of aromatic nitrogens is 2. The topological polar surface area (TPSA) is 70.2 Å². The van der Waals surface area contributed by atoms with Crippen molar-refractivity contribution in [3.05, 3.63) is 51.8 Å². The molecular weight excluding hydrogens is 294 g/mol. The molecule has 6 nitrogen and oxygen atoms in total. The van der Waals surface area contributed by atoms with E-state index in [9.17, 15) is 10.1 Å². The van der Waals surface area contributed by atoms with E-state index in [2.05, 4.69) is 5.10 Å². The number of nitro groups is 1. The Morgan fingerprint density at radius 2 is 2.19 bits per heavy atom. The van der Waals surface area contributed by atoms with Crippen molar-refractivity contribution in [3.63, 3.8) is 0 Å². The van der Waals surface area contributed by atoms with Crippen molar-refractivity contribution in [1.29, 1.82) is 0 Å². The largest absolute Gasteiger partial charge is 0.487 e. The minimum absolute atomic E-state index is 0.00193. The summed E-state index contributed by atoms with van der Waals surface area (Å²) in [5.74, 6) is 0.687. The quantitative estimate of drug-likeness (QED) is 0.463. The number of ether oxygens (including phenoxy) is 1. The predicted molar refractivity (Wildman–Crippen MR) is 79.6 cm³/mol. The van der Waals surface area contributed by atoms with Crippen LogP contribution in [0.15, 0.2) is 30.5 Å². The molecule has 21 heavy (non-hydrogen) atoms. The number of rotatable bonds is 6. The van der Waals surface area contributed by atoms with Crippen LogP contribution in [0.5, 0.6) is 5.75 Å². The Bertz CT molecular complexity index is 640. The Kier molecular flexibility index (Phi) is 4.80. The van der Waals surface area contributed by atoms with E-state index >= 15 is 0 Å². The molecule has 0 aliphatic carbocycles. The van der Waals surface area contributed by atoms with Gasteiger partial charge < -0.3 is 4.74 Å². The van der Waals surface area contributed by atoms with Gasteiger partial charge in [-0.3, -0.25) is 14.8 Å². The standard InChI is InChI=1S/C14H16ClN3O3/c1-10(2)17-6-5-12(16-17)9-21-14-4-3-13(18(19)20)7-11(14)8-15/h3-7,10H,8-9H2,1-2H3. The van der Waals surface area contributed by atoms with Crippen LogP contribution in [0.3, 0.4) is 0 Å². The molecule has 0 aliphatic heterocycles. The van der Waals surface area contributed by atoms with E-state index < -0.39 is 4.92 Å². The van der Waals surface area contributed by atoms with Gasteiger partial charge in [-0.05, 0) is 26.0 Å². The van der Waals surface area contributed by atoms with Crippen LogP contribution in [0.25, 0.3) is 0 Å². The number of halogens is 1. The van der Waals surface area contributed by atoms with Gasteiger partial charge in [-0.1, -0.05) is 0 Å². The summed E-state index contributed by atoms with van der Waals surface area (Å²) >= 11 is 5.81. The number of hydrogen-bond donors (Lipinski definition) is 0. The fourth-order valence-electron chi connectivity index (χ4n) is 1.82. The third-order valence-corrected chi connectivity index (χ3v) is 3.25. The lowest BCUT2D eigenvalue weighted by molar-refractivity contribution is -0.384. The molecule has 7 heteroatoms. The third-order valence-electron chi connectivity index (χ3n) is 2.97. The Morgan fingerprint density at radius 1 is 1.43 bits per heavy atom. The maximum Gasteiger partial charge on any atom is 0.270 e. The molecule has 1 heterocycles. The summed E-state index contributed by atoms with van der Waals surface area (Å²) in [6.45, 7) is 4.38. The number of benzene rings is 1. The van der Waals surface area contributed by atoms with E-state index in [1.807, 2.05) is 30.8 Å². The number of non-ortho nitro benzene ring substituents is 1. The Hall–Kier alpha value is -2.08. The monoisotopic (exact) mass is 309 g/mol. The predicted octanol–water partition coefficient (Wildman–Crippen LogP) is 3.69. The zero-order valence-corrected chi connectivity index (χ0v) is 12.6. The van der Waals surface area contributed by atoms with E-state index in [0.29, 0.717) is 17.9 Å². The van der Waals surface area contributed by atoms with Gasteiger partial charge in [0.05, 0.1) is 16.5 Å². The zero-order valence-electron chi connectivity index (χ0n) is 11.8. The molecule has 0 amide bonds. The van der Waals surface area contributed by atoms with Crippen LogP contribution in [0.1, 0.15) is 31.1 Å². The molecule has 0 saturated carbocycles. The van der Waals surface area contributed by atoms with E-state index in [4.69, 9.17) is 16.3 Å². The highest BCUT2D eigenvalue weighted by Crippen LogP contribution is 2.26. The summed E-state index contributed by atoms with van der Waals surface area (Å²) in [6.07, 6.45) is 1.89. The molecule has 0 N–H and O–H groups in total. The van der Waals surface area contributed by atoms with Crippen molar-refractivity contribution in [2.24, 2.45) is 0 Å². The maximum atomic E-state index is 10.7. The number of nitrogens with zero attached hydrogens (tertiary/aromatic N) is 3. The Balaban J connectivity index is 2.10. The molecule has 0 spiro atoms. The molecule has 0 saturated heterocycles. The zero-order chi connectivity index (χ0) is 15.4. The smallest absolute Gasteiger partial charge is 0.270 e. The Labute approximate surface area is 127 Å². The van der Waals surface area contributed by atoms with Crippen molar-refractivity contribution in [3.8, 4) is 5.75 Å². The highest BCUT2D eigenvalue weighted by Gasteiger charge is 2.12. The summed E-state index contributed by atoms with van der Waals surface area (Å²) in [5, 5.41) is 15.1. The van der Waals surface area contributed by atoms with Crippen molar-refractivity contribution >= 4 is 17.3 Å². The van der Waals surface area contributed by atoms with Gasteiger partial charge in [0.25, 0.3) is 5.69 Å². The molecule has 0 atom stereocenters. The number of hydrogen-bond acceptors (Lipinski definition) is 4. The molecule has 0 fully saturated rings. The van der Waals surface area contributed by atoms with Crippen molar-refractivity contribution < 1.29 is 9.66 Å². The molecule has 0 radical (unpaired) electrons. The highest BCUT2D eigenvalue weighted by atomic mass is 35.5. The first-order valence-corrected chi connectivity index (χ1v) is 7.05. The lowest BCUT2D eigenvalue weighted by atomic mass is 10.2. The minimum Gasteiger partial charge on any atom is -0.487 e. The van der Waals surface area contributed by atoms with Crippen molar-refractivity contribution in [2.75, 3.05) is 0 Å². The van der Waals surface area contributed by atoms with Gasteiger partial charge in [0, 0.05) is 29.9 Å². The molecule has 1 aromatic carbocycles. The van der Waals surface area contributed by atoms with Crippen LogP contribution >= 0.6 is 11.6 Å². The first-order chi connectivity index (χ1) is 10.0. The summed E-state index contributed by atoms with van der Waals surface area (Å²) in [7, 11) is 0. The molecule has 0 unspecified atom stereocenters. The molecule has 2 rings (SSSR count). The first kappa shape index (κ1) is 15.3. The van der Waals surface area contributed by atoms with Gasteiger partial charge in [-0.25, -0.2) is 0 Å².